The number of hydrogen-bond acceptors (Lipinski definition) is 0. The summed E-state index contributed by atoms with van der Waals surface area (Å²) in [6, 6.07) is 13.9. The third-order valence-corrected chi connectivity index (χ3v) is 5.07. The molecule has 0 aliphatic carbocycles. The van der Waals surface area contributed by atoms with Crippen LogP contribution in [0.5, 0.6) is 0 Å². The summed E-state index contributed by atoms with van der Waals surface area (Å²) in [5.41, 5.74) is 8.21. The van der Waals surface area contributed by atoms with Gasteiger partial charge in [0.25, 0.3) is 0 Å². The minimum Gasteiger partial charge on any atom is -0.122 e. The van der Waals surface area contributed by atoms with Crippen LogP contribution < -0.4 is 0 Å². The van der Waals surface area contributed by atoms with E-state index in [4.69, 9.17) is 0 Å². The second-order valence-corrected chi connectivity index (χ2v) is 7.46. The average Bonchev–Trinajstić information content (AvgIpc) is 2.36. The molecule has 0 heterocycles. The summed E-state index contributed by atoms with van der Waals surface area (Å²) < 4.78 is 0. The third-order valence-electron chi connectivity index (χ3n) is 4.12. The van der Waals surface area contributed by atoms with Gasteiger partial charge in [-0.05, 0) is 45.2 Å². The molecule has 2 rings (SSSR count). The van der Waals surface area contributed by atoms with Crippen molar-refractivity contribution in [2.45, 2.75) is 52.6 Å². The fraction of sp³-hybridized carbons (Fsp3) is 0.400. The van der Waals surface area contributed by atoms with E-state index < -0.39 is 0 Å². The Hall–Kier alpha value is -1.13. The topological polar surface area (TPSA) is 0 Å². The molecule has 0 N–H and O–H groups in total. The van der Waals surface area contributed by atoms with Crippen LogP contribution in [0.15, 0.2) is 36.4 Å². The minimum atomic E-state index is 0.0162. The second kappa shape index (κ2) is 6.32. The van der Waals surface area contributed by atoms with Gasteiger partial charge in [0.1, 0.15) is 0 Å². The van der Waals surface area contributed by atoms with Crippen molar-refractivity contribution in [3.05, 3.63) is 69.8 Å². The lowest BCUT2D eigenvalue weighted by Gasteiger charge is -2.32. The largest absolute Gasteiger partial charge is 0.122 e. The second-order valence-electron chi connectivity index (χ2n) is 6.47. The van der Waals surface area contributed by atoms with E-state index in [2.05, 4.69) is 80.3 Å². The summed E-state index contributed by atoms with van der Waals surface area (Å²) in [6.07, 6.45) is 2.31. The molecule has 0 nitrogen and oxygen atoms in total. The number of rotatable bonds is 4. The molecule has 0 aliphatic heterocycles. The molecule has 1 atom stereocenters. The molecule has 0 aliphatic rings. The van der Waals surface area contributed by atoms with Gasteiger partial charge in [-0.2, -0.15) is 0 Å². The quantitative estimate of drug-likeness (QED) is 0.622. The van der Waals surface area contributed by atoms with Gasteiger partial charge < -0.3 is 0 Å². The highest BCUT2D eigenvalue weighted by molar-refractivity contribution is 7.19. The summed E-state index contributed by atoms with van der Waals surface area (Å²) >= 11 is 0. The van der Waals surface area contributed by atoms with E-state index in [1.54, 1.807) is 0 Å². The molecule has 0 fully saturated rings. The van der Waals surface area contributed by atoms with Crippen molar-refractivity contribution in [3.8, 4) is 0 Å². The highest BCUT2D eigenvalue weighted by Gasteiger charge is 2.29. The molecular weight excluding hydrogens is 271 g/mol. The maximum absolute atomic E-state index is 3.16. The number of aryl methyl sites for hydroxylation is 4. The van der Waals surface area contributed by atoms with Crippen molar-refractivity contribution in [1.29, 1.82) is 0 Å². The SMILES string of the molecule is CCCC(P)(c1cc(C)cc(C)c1)c1cc(C)cc(C)c1. The van der Waals surface area contributed by atoms with Crippen molar-refractivity contribution in [1.82, 2.24) is 0 Å². The zero-order chi connectivity index (χ0) is 15.6. The fourth-order valence-corrected chi connectivity index (χ4v) is 3.94. The Bertz CT molecular complexity index is 548. The smallest absolute Gasteiger partial charge is 0.0344 e. The molecule has 0 aromatic heterocycles. The Balaban J connectivity index is 2.63. The van der Waals surface area contributed by atoms with Crippen LogP contribution in [-0.4, -0.2) is 0 Å². The first kappa shape index (κ1) is 16.2. The molecule has 1 unspecified atom stereocenters. The molecule has 0 radical (unpaired) electrons. The maximum Gasteiger partial charge on any atom is 0.0344 e. The van der Waals surface area contributed by atoms with Crippen LogP contribution in [0.3, 0.4) is 0 Å². The van der Waals surface area contributed by atoms with Crippen LogP contribution in [0.2, 0.25) is 0 Å². The van der Waals surface area contributed by atoms with Crippen LogP contribution in [0.1, 0.15) is 53.1 Å². The first-order chi connectivity index (χ1) is 9.85. The van der Waals surface area contributed by atoms with Crippen LogP contribution in [0.4, 0.5) is 0 Å². The summed E-state index contributed by atoms with van der Waals surface area (Å²) in [7, 11) is 3.16. The Morgan fingerprint density at radius 1 is 0.714 bits per heavy atom. The molecule has 0 saturated carbocycles. The molecule has 0 saturated heterocycles. The standard InChI is InChI=1S/C20H27P/c1-6-7-20(21,18-10-14(2)8-15(3)11-18)19-12-16(4)9-17(5)13-19/h8-13H,6-7,21H2,1-5H3. The van der Waals surface area contributed by atoms with Gasteiger partial charge in [0.05, 0.1) is 0 Å². The molecule has 0 spiro atoms. The van der Waals surface area contributed by atoms with Crippen LogP contribution >= 0.6 is 9.24 Å². The lowest BCUT2D eigenvalue weighted by molar-refractivity contribution is 0.643. The Morgan fingerprint density at radius 2 is 1.05 bits per heavy atom. The van der Waals surface area contributed by atoms with E-state index in [0.29, 0.717) is 0 Å². The van der Waals surface area contributed by atoms with Crippen LogP contribution in [0.25, 0.3) is 0 Å². The fourth-order valence-electron chi connectivity index (χ4n) is 3.31. The molecular formula is C20H27P. The van der Waals surface area contributed by atoms with E-state index in [0.717, 1.165) is 6.42 Å². The van der Waals surface area contributed by atoms with Gasteiger partial charge in [-0.25, -0.2) is 0 Å². The average molecular weight is 298 g/mol. The van der Waals surface area contributed by atoms with Gasteiger partial charge in [-0.3, -0.25) is 0 Å². The molecule has 2 aromatic rings. The number of benzene rings is 2. The first-order valence-corrected chi connectivity index (χ1v) is 8.39. The summed E-state index contributed by atoms with van der Waals surface area (Å²) in [5, 5.41) is 0.0162. The van der Waals surface area contributed by atoms with E-state index >= 15 is 0 Å². The third kappa shape index (κ3) is 3.55. The number of hydrogen-bond donors (Lipinski definition) is 0. The Labute approximate surface area is 132 Å². The first-order valence-electron chi connectivity index (χ1n) is 7.81. The normalized spacial score (nSPS) is 11.7. The van der Waals surface area contributed by atoms with Gasteiger partial charge in [-0.15, -0.1) is 9.24 Å². The molecule has 112 valence electrons. The molecule has 0 amide bonds. The highest BCUT2D eigenvalue weighted by Crippen LogP contribution is 2.44. The molecule has 1 heteroatoms. The predicted molar refractivity (Wildman–Crippen MR) is 97.2 cm³/mol. The minimum absolute atomic E-state index is 0.0162. The van der Waals surface area contributed by atoms with Crippen molar-refractivity contribution in [2.24, 2.45) is 0 Å². The van der Waals surface area contributed by atoms with Gasteiger partial charge in [0, 0.05) is 5.16 Å². The van der Waals surface area contributed by atoms with Crippen molar-refractivity contribution >= 4 is 9.24 Å². The van der Waals surface area contributed by atoms with Crippen molar-refractivity contribution in [3.63, 3.8) is 0 Å². The van der Waals surface area contributed by atoms with Crippen LogP contribution in [-0.2, 0) is 5.16 Å². The van der Waals surface area contributed by atoms with Crippen molar-refractivity contribution < 1.29 is 0 Å². The summed E-state index contributed by atoms with van der Waals surface area (Å²) in [6.45, 7) is 11.0. The summed E-state index contributed by atoms with van der Waals surface area (Å²) in [5.74, 6) is 0. The lowest BCUT2D eigenvalue weighted by atomic mass is 9.84. The molecule has 2 aromatic carbocycles. The molecule has 0 bridgehead atoms. The zero-order valence-corrected chi connectivity index (χ0v) is 15.1. The van der Waals surface area contributed by atoms with E-state index in [1.165, 1.54) is 39.8 Å². The van der Waals surface area contributed by atoms with E-state index in [-0.39, 0.29) is 5.16 Å². The molecule has 21 heavy (non-hydrogen) atoms. The Kier molecular flexibility index (Phi) is 4.89. The van der Waals surface area contributed by atoms with Gasteiger partial charge in [-0.1, -0.05) is 72.0 Å². The van der Waals surface area contributed by atoms with Crippen molar-refractivity contribution in [2.75, 3.05) is 0 Å². The monoisotopic (exact) mass is 298 g/mol. The van der Waals surface area contributed by atoms with Gasteiger partial charge in [0.15, 0.2) is 0 Å². The Morgan fingerprint density at radius 3 is 1.33 bits per heavy atom. The lowest BCUT2D eigenvalue weighted by Crippen LogP contribution is -2.20. The zero-order valence-electron chi connectivity index (χ0n) is 14.0. The highest BCUT2D eigenvalue weighted by atomic mass is 31.0. The predicted octanol–water partition coefficient (Wildman–Crippen LogP) is 5.84. The van der Waals surface area contributed by atoms with Crippen LogP contribution in [0, 0.1) is 27.7 Å². The van der Waals surface area contributed by atoms with Gasteiger partial charge in [0.2, 0.25) is 0 Å². The summed E-state index contributed by atoms with van der Waals surface area (Å²) in [4.78, 5) is 0. The van der Waals surface area contributed by atoms with E-state index in [9.17, 15) is 0 Å². The van der Waals surface area contributed by atoms with E-state index in [1.807, 2.05) is 0 Å². The van der Waals surface area contributed by atoms with Gasteiger partial charge >= 0.3 is 0 Å². The maximum atomic E-state index is 3.16.